The standard InChI is InChI=1S/C56H88O6/c1-4-7-10-13-16-19-22-25-26-27-28-29-30-32-34-37-40-43-46-49-55(58)61-52-53(51-60-54(57)48-45-42-39-36-33-24-21-18-15-12-9-6-3)62-56(59)50-47-44-41-38-35-31-23-20-17-14-11-8-5-2/h7-8,10-11,14,16-21,23,25-26,28-29,31-32,34-35,53H,4-6,9,12-13,15,22,24,27,30,33,36-52H2,1-3H3/b10-7-,11-8-,17-14-,19-16-,21-18-,23-20-,26-25-,29-28-,34-32-,35-31-. The van der Waals surface area contributed by atoms with Crippen LogP contribution in [0.25, 0.3) is 0 Å². The number of hydrogen-bond donors (Lipinski definition) is 0. The van der Waals surface area contributed by atoms with E-state index in [9.17, 15) is 14.4 Å². The Kier molecular flexibility index (Phi) is 46.1. The fraction of sp³-hybridized carbons (Fsp3) is 0.589. The van der Waals surface area contributed by atoms with Crippen LogP contribution in [0.5, 0.6) is 0 Å². The smallest absolute Gasteiger partial charge is 0.306 e. The first-order valence-electron chi connectivity index (χ1n) is 24.6. The van der Waals surface area contributed by atoms with Gasteiger partial charge < -0.3 is 14.2 Å². The van der Waals surface area contributed by atoms with Crippen LogP contribution in [0.2, 0.25) is 0 Å². The molecule has 0 radical (unpaired) electrons. The zero-order chi connectivity index (χ0) is 45.1. The second kappa shape index (κ2) is 49.5. The molecule has 0 aromatic carbocycles. The molecule has 1 unspecified atom stereocenters. The normalized spacial score (nSPS) is 13.1. The molecule has 0 aromatic rings. The number of carbonyl (C=O) groups excluding carboxylic acids is 3. The van der Waals surface area contributed by atoms with E-state index in [-0.39, 0.29) is 37.5 Å². The first-order valence-corrected chi connectivity index (χ1v) is 24.6. The summed E-state index contributed by atoms with van der Waals surface area (Å²) in [5.41, 5.74) is 0. The van der Waals surface area contributed by atoms with E-state index in [1.807, 2.05) is 36.5 Å². The summed E-state index contributed by atoms with van der Waals surface area (Å²) in [5, 5.41) is 0. The number of esters is 3. The molecule has 0 amide bonds. The summed E-state index contributed by atoms with van der Waals surface area (Å²) in [6, 6.07) is 0. The second-order valence-electron chi connectivity index (χ2n) is 15.7. The lowest BCUT2D eigenvalue weighted by atomic mass is 10.1. The van der Waals surface area contributed by atoms with Crippen molar-refractivity contribution in [3.05, 3.63) is 122 Å². The average Bonchev–Trinajstić information content (AvgIpc) is 3.27. The van der Waals surface area contributed by atoms with Gasteiger partial charge in [-0.15, -0.1) is 0 Å². The average molecular weight is 857 g/mol. The zero-order valence-corrected chi connectivity index (χ0v) is 39.6. The Morgan fingerprint density at radius 1 is 0.355 bits per heavy atom. The number of carbonyl (C=O) groups is 3. The molecule has 0 rings (SSSR count). The summed E-state index contributed by atoms with van der Waals surface area (Å²) in [4.78, 5) is 37.9. The highest BCUT2D eigenvalue weighted by Gasteiger charge is 2.19. The maximum absolute atomic E-state index is 12.7. The SMILES string of the molecule is CC\C=C/C=C\C=C/C=C\CCCCCC(=O)OC(COC(=O)CCCCC/C=C\C/C=C\C/C=C\C/C=C\C/C=C\CC)COC(=O)CCCCCCC/C=C\CCCCC. The Morgan fingerprint density at radius 3 is 1.21 bits per heavy atom. The van der Waals surface area contributed by atoms with Crippen molar-refractivity contribution in [2.75, 3.05) is 13.2 Å². The quantitative estimate of drug-likeness (QED) is 0.0200. The van der Waals surface area contributed by atoms with Crippen molar-refractivity contribution in [2.24, 2.45) is 0 Å². The third-order valence-electron chi connectivity index (χ3n) is 9.78. The van der Waals surface area contributed by atoms with Gasteiger partial charge in [0.05, 0.1) is 0 Å². The van der Waals surface area contributed by atoms with E-state index in [2.05, 4.69) is 106 Å². The van der Waals surface area contributed by atoms with Crippen LogP contribution in [0, 0.1) is 0 Å². The van der Waals surface area contributed by atoms with Gasteiger partial charge in [0.2, 0.25) is 0 Å². The largest absolute Gasteiger partial charge is 0.462 e. The maximum Gasteiger partial charge on any atom is 0.306 e. The van der Waals surface area contributed by atoms with Gasteiger partial charge in [-0.2, -0.15) is 0 Å². The van der Waals surface area contributed by atoms with Gasteiger partial charge in [0.1, 0.15) is 13.2 Å². The van der Waals surface area contributed by atoms with Gasteiger partial charge in [-0.3, -0.25) is 14.4 Å². The predicted molar refractivity (Wildman–Crippen MR) is 265 cm³/mol. The molecule has 6 heteroatoms. The van der Waals surface area contributed by atoms with E-state index in [4.69, 9.17) is 14.2 Å². The van der Waals surface area contributed by atoms with Gasteiger partial charge in [0.15, 0.2) is 6.10 Å². The van der Waals surface area contributed by atoms with Crippen molar-refractivity contribution in [1.82, 2.24) is 0 Å². The number of hydrogen-bond acceptors (Lipinski definition) is 6. The molecule has 0 aromatic heterocycles. The molecule has 0 bridgehead atoms. The molecule has 62 heavy (non-hydrogen) atoms. The molecule has 1 atom stereocenters. The Labute approximate surface area is 380 Å². The highest BCUT2D eigenvalue weighted by Crippen LogP contribution is 2.12. The van der Waals surface area contributed by atoms with Crippen molar-refractivity contribution >= 4 is 17.9 Å². The van der Waals surface area contributed by atoms with Crippen molar-refractivity contribution in [3.63, 3.8) is 0 Å². The highest BCUT2D eigenvalue weighted by atomic mass is 16.6. The van der Waals surface area contributed by atoms with Crippen LogP contribution >= 0.6 is 0 Å². The van der Waals surface area contributed by atoms with Crippen LogP contribution in [0.15, 0.2) is 122 Å². The number of rotatable bonds is 42. The van der Waals surface area contributed by atoms with Gasteiger partial charge in [-0.1, -0.05) is 187 Å². The fourth-order valence-electron chi connectivity index (χ4n) is 6.12. The van der Waals surface area contributed by atoms with Crippen molar-refractivity contribution in [1.29, 1.82) is 0 Å². The van der Waals surface area contributed by atoms with Gasteiger partial charge >= 0.3 is 17.9 Å². The van der Waals surface area contributed by atoms with Gasteiger partial charge in [0.25, 0.3) is 0 Å². The molecule has 0 fully saturated rings. The molecule has 0 aliphatic rings. The molecule has 348 valence electrons. The van der Waals surface area contributed by atoms with E-state index in [1.54, 1.807) is 0 Å². The van der Waals surface area contributed by atoms with E-state index in [1.165, 1.54) is 32.1 Å². The molecule has 0 spiro atoms. The summed E-state index contributed by atoms with van der Waals surface area (Å²) in [6.45, 7) is 6.26. The van der Waals surface area contributed by atoms with Crippen LogP contribution in [-0.2, 0) is 28.6 Å². The minimum absolute atomic E-state index is 0.113. The van der Waals surface area contributed by atoms with Gasteiger partial charge in [0, 0.05) is 19.3 Å². The minimum Gasteiger partial charge on any atom is -0.462 e. The summed E-state index contributed by atoms with van der Waals surface area (Å²) >= 11 is 0. The van der Waals surface area contributed by atoms with Crippen LogP contribution in [0.1, 0.15) is 194 Å². The summed E-state index contributed by atoms with van der Waals surface area (Å²) < 4.78 is 16.7. The summed E-state index contributed by atoms with van der Waals surface area (Å²) in [5.74, 6) is -1.01. The molecule has 6 nitrogen and oxygen atoms in total. The zero-order valence-electron chi connectivity index (χ0n) is 39.6. The minimum atomic E-state index is -0.818. The number of ether oxygens (including phenoxy) is 3. The second-order valence-corrected chi connectivity index (χ2v) is 15.7. The Morgan fingerprint density at radius 2 is 0.710 bits per heavy atom. The molecular formula is C56H88O6. The molecular weight excluding hydrogens is 769 g/mol. The van der Waals surface area contributed by atoms with E-state index >= 15 is 0 Å². The Hall–Kier alpha value is -4.19. The Balaban J connectivity index is 4.52. The molecule has 0 N–H and O–H groups in total. The van der Waals surface area contributed by atoms with E-state index in [0.717, 1.165) is 116 Å². The van der Waals surface area contributed by atoms with Crippen LogP contribution in [0.4, 0.5) is 0 Å². The molecule has 0 heterocycles. The van der Waals surface area contributed by atoms with Crippen LogP contribution < -0.4 is 0 Å². The first-order chi connectivity index (χ1) is 30.5. The fourth-order valence-corrected chi connectivity index (χ4v) is 6.12. The van der Waals surface area contributed by atoms with E-state index < -0.39 is 6.10 Å². The molecule has 0 saturated carbocycles. The molecule has 0 aliphatic carbocycles. The monoisotopic (exact) mass is 857 g/mol. The highest BCUT2D eigenvalue weighted by molar-refractivity contribution is 5.71. The van der Waals surface area contributed by atoms with Crippen molar-refractivity contribution in [2.45, 2.75) is 200 Å². The van der Waals surface area contributed by atoms with E-state index in [0.29, 0.717) is 19.3 Å². The third kappa shape index (κ3) is 46.9. The van der Waals surface area contributed by atoms with Gasteiger partial charge in [-0.05, 0) is 109 Å². The summed E-state index contributed by atoms with van der Waals surface area (Å²) in [6.07, 6.45) is 67.5. The number of allylic oxidation sites excluding steroid dienone is 20. The third-order valence-corrected chi connectivity index (χ3v) is 9.78. The molecule has 0 saturated heterocycles. The summed E-state index contributed by atoms with van der Waals surface area (Å²) in [7, 11) is 0. The van der Waals surface area contributed by atoms with Crippen LogP contribution in [0.3, 0.4) is 0 Å². The lowest BCUT2D eigenvalue weighted by Gasteiger charge is -2.18. The van der Waals surface area contributed by atoms with Crippen LogP contribution in [-0.4, -0.2) is 37.2 Å². The number of unbranched alkanes of at least 4 members (excludes halogenated alkanes) is 14. The predicted octanol–water partition coefficient (Wildman–Crippen LogP) is 16.1. The van der Waals surface area contributed by atoms with Crippen molar-refractivity contribution in [3.8, 4) is 0 Å². The molecule has 0 aliphatic heterocycles. The first kappa shape index (κ1) is 57.8. The lowest BCUT2D eigenvalue weighted by molar-refractivity contribution is -0.167. The topological polar surface area (TPSA) is 78.9 Å². The van der Waals surface area contributed by atoms with Crippen molar-refractivity contribution < 1.29 is 28.6 Å². The van der Waals surface area contributed by atoms with Gasteiger partial charge in [-0.25, -0.2) is 0 Å². The maximum atomic E-state index is 12.7. The Bertz CT molecular complexity index is 1350. The lowest BCUT2D eigenvalue weighted by Crippen LogP contribution is -2.30.